The van der Waals surface area contributed by atoms with Gasteiger partial charge in [0.05, 0.1) is 18.0 Å². The molecule has 0 atom stereocenters. The normalized spacial score (nSPS) is 19.7. The monoisotopic (exact) mass is 338 g/mol. The lowest BCUT2D eigenvalue weighted by molar-refractivity contribution is -0.120. The summed E-state index contributed by atoms with van der Waals surface area (Å²) in [7, 11) is 0. The maximum absolute atomic E-state index is 12.8. The Labute approximate surface area is 147 Å². The van der Waals surface area contributed by atoms with Crippen LogP contribution in [-0.2, 0) is 20.8 Å². The van der Waals surface area contributed by atoms with Gasteiger partial charge in [-0.25, -0.2) is 4.90 Å². The number of nitrogens with one attached hydrogen (secondary N) is 1. The predicted octanol–water partition coefficient (Wildman–Crippen LogP) is 3.26. The third kappa shape index (κ3) is 2.68. The van der Waals surface area contributed by atoms with E-state index < -0.39 is 0 Å². The number of benzene rings is 1. The minimum absolute atomic E-state index is 0.140. The zero-order valence-electron chi connectivity index (χ0n) is 14.4. The second kappa shape index (κ2) is 6.48. The van der Waals surface area contributed by atoms with E-state index in [2.05, 4.69) is 11.6 Å². The number of fused-ring (bicyclic) bond motifs is 1. The molecule has 0 fully saturated rings. The smallest absolute Gasteiger partial charge is 0.261 e. The lowest BCUT2D eigenvalue weighted by atomic mass is 9.93. The first-order valence-electron chi connectivity index (χ1n) is 9.02. The second-order valence-electron chi connectivity index (χ2n) is 6.64. The molecule has 1 aromatic carbocycles. The van der Waals surface area contributed by atoms with E-state index >= 15 is 0 Å². The van der Waals surface area contributed by atoms with E-state index in [4.69, 9.17) is 4.84 Å². The molecule has 0 bridgehead atoms. The average Bonchev–Trinajstić information content (AvgIpc) is 2.91. The van der Waals surface area contributed by atoms with Crippen LogP contribution in [0.4, 0.5) is 5.69 Å². The molecule has 130 valence electrons. The van der Waals surface area contributed by atoms with Crippen LogP contribution in [0.15, 0.2) is 35.4 Å². The molecule has 1 aliphatic heterocycles. The van der Waals surface area contributed by atoms with Gasteiger partial charge in [0.25, 0.3) is 11.8 Å². The number of allylic oxidation sites excluding steroid dienone is 1. The van der Waals surface area contributed by atoms with Gasteiger partial charge in [-0.3, -0.25) is 19.9 Å². The van der Waals surface area contributed by atoms with Crippen LogP contribution in [0.2, 0.25) is 0 Å². The van der Waals surface area contributed by atoms with E-state index in [0.29, 0.717) is 12.3 Å². The highest BCUT2D eigenvalue weighted by Crippen LogP contribution is 2.37. The van der Waals surface area contributed by atoms with Crippen molar-refractivity contribution in [3.63, 3.8) is 0 Å². The summed E-state index contributed by atoms with van der Waals surface area (Å²) in [4.78, 5) is 32.2. The van der Waals surface area contributed by atoms with Gasteiger partial charge in [0, 0.05) is 16.7 Å². The largest absolute Gasteiger partial charge is 0.276 e. The maximum Gasteiger partial charge on any atom is 0.261 e. The van der Waals surface area contributed by atoms with Crippen molar-refractivity contribution in [2.45, 2.75) is 45.4 Å². The highest BCUT2D eigenvalue weighted by molar-refractivity contribution is 6.33. The Bertz CT molecular complexity index is 779. The van der Waals surface area contributed by atoms with Gasteiger partial charge in [-0.05, 0) is 63.1 Å². The quantitative estimate of drug-likeness (QED) is 0.676. The number of carbonyl (C=O) groups excluding carboxylic acids is 2. The molecule has 1 aromatic rings. The molecule has 1 N–H and O–H groups in total. The summed E-state index contributed by atoms with van der Waals surface area (Å²) >= 11 is 0. The number of anilines is 1. The zero-order valence-corrected chi connectivity index (χ0v) is 14.4. The Balaban J connectivity index is 1.68. The highest BCUT2D eigenvalue weighted by Gasteiger charge is 2.39. The first-order valence-corrected chi connectivity index (χ1v) is 9.02. The van der Waals surface area contributed by atoms with E-state index in [1.807, 2.05) is 25.1 Å². The molecule has 2 aliphatic carbocycles. The summed E-state index contributed by atoms with van der Waals surface area (Å²) < 4.78 is 0. The van der Waals surface area contributed by atoms with Gasteiger partial charge in [0.15, 0.2) is 0 Å². The van der Waals surface area contributed by atoms with Gasteiger partial charge in [0.1, 0.15) is 0 Å². The minimum Gasteiger partial charge on any atom is -0.276 e. The number of hydrogen-bond acceptors (Lipinski definition) is 4. The number of hydroxylamine groups is 1. The van der Waals surface area contributed by atoms with Crippen molar-refractivity contribution in [1.82, 2.24) is 5.48 Å². The summed E-state index contributed by atoms with van der Waals surface area (Å²) in [6.07, 6.45) is 7.40. The summed E-state index contributed by atoms with van der Waals surface area (Å²) in [6.45, 7) is 2.48. The number of aryl methyl sites for hydroxylation is 1. The number of rotatable bonds is 4. The SMILES string of the molecule is CCONC1=CCCc2ccc(N3C(=O)C4=C(CCCC4)C3=O)cc21. The fourth-order valence-electron chi connectivity index (χ4n) is 3.87. The Kier molecular flexibility index (Phi) is 4.17. The Morgan fingerprint density at radius 1 is 1.08 bits per heavy atom. The van der Waals surface area contributed by atoms with Crippen LogP contribution in [0.5, 0.6) is 0 Å². The molecule has 0 aromatic heterocycles. The summed E-state index contributed by atoms with van der Waals surface area (Å²) in [5.41, 5.74) is 8.17. The van der Waals surface area contributed by atoms with Crippen molar-refractivity contribution in [3.05, 3.63) is 46.5 Å². The van der Waals surface area contributed by atoms with Crippen molar-refractivity contribution >= 4 is 23.2 Å². The number of nitrogens with zero attached hydrogens (tertiary/aromatic N) is 1. The molecule has 5 nitrogen and oxygen atoms in total. The van der Waals surface area contributed by atoms with Crippen LogP contribution < -0.4 is 10.4 Å². The zero-order chi connectivity index (χ0) is 17.4. The molecular weight excluding hydrogens is 316 g/mol. The lowest BCUT2D eigenvalue weighted by Gasteiger charge is -2.22. The van der Waals surface area contributed by atoms with Crippen molar-refractivity contribution in [2.75, 3.05) is 11.5 Å². The van der Waals surface area contributed by atoms with Crippen LogP contribution in [0.25, 0.3) is 5.70 Å². The molecule has 4 rings (SSSR count). The summed E-state index contributed by atoms with van der Waals surface area (Å²) in [5, 5.41) is 0. The molecule has 0 saturated heterocycles. The van der Waals surface area contributed by atoms with Crippen molar-refractivity contribution in [3.8, 4) is 0 Å². The Morgan fingerprint density at radius 2 is 1.80 bits per heavy atom. The fourth-order valence-corrected chi connectivity index (χ4v) is 3.87. The van der Waals surface area contributed by atoms with E-state index in [1.54, 1.807) is 0 Å². The third-order valence-corrected chi connectivity index (χ3v) is 5.12. The molecule has 1 heterocycles. The number of carbonyl (C=O) groups is 2. The highest BCUT2D eigenvalue weighted by atomic mass is 16.6. The van der Waals surface area contributed by atoms with Crippen LogP contribution in [0.1, 0.15) is 50.2 Å². The first kappa shape index (κ1) is 16.1. The van der Waals surface area contributed by atoms with Gasteiger partial charge in [-0.15, -0.1) is 0 Å². The summed E-state index contributed by atoms with van der Waals surface area (Å²) in [6, 6.07) is 5.83. The molecular formula is C20H22N2O3. The van der Waals surface area contributed by atoms with Gasteiger partial charge >= 0.3 is 0 Å². The molecule has 0 spiro atoms. The predicted molar refractivity (Wildman–Crippen MR) is 95.5 cm³/mol. The van der Waals surface area contributed by atoms with E-state index in [0.717, 1.165) is 60.9 Å². The Hall–Kier alpha value is -2.40. The van der Waals surface area contributed by atoms with E-state index in [-0.39, 0.29) is 11.8 Å². The molecule has 0 radical (unpaired) electrons. The third-order valence-electron chi connectivity index (χ3n) is 5.12. The number of hydrogen-bond donors (Lipinski definition) is 1. The van der Waals surface area contributed by atoms with Gasteiger partial charge in [-0.2, -0.15) is 0 Å². The lowest BCUT2D eigenvalue weighted by Crippen LogP contribution is -2.31. The topological polar surface area (TPSA) is 58.6 Å². The molecule has 5 heteroatoms. The van der Waals surface area contributed by atoms with Crippen molar-refractivity contribution < 1.29 is 14.4 Å². The van der Waals surface area contributed by atoms with E-state index in [9.17, 15) is 9.59 Å². The standard InChI is InChI=1S/C20H22N2O3/c1-2-25-21-18-9-5-6-13-10-11-14(12-17(13)18)22-19(23)15-7-3-4-8-16(15)20(22)24/h9-12,21H,2-8H2,1H3. The molecule has 0 saturated carbocycles. The van der Waals surface area contributed by atoms with Crippen LogP contribution in [0, 0.1) is 0 Å². The molecule has 2 amide bonds. The maximum atomic E-state index is 12.8. The van der Waals surface area contributed by atoms with Crippen LogP contribution in [0.3, 0.4) is 0 Å². The minimum atomic E-state index is -0.140. The summed E-state index contributed by atoms with van der Waals surface area (Å²) in [5.74, 6) is -0.280. The number of imide groups is 1. The first-order chi connectivity index (χ1) is 12.2. The molecule has 0 unspecified atom stereocenters. The van der Waals surface area contributed by atoms with Crippen molar-refractivity contribution in [2.24, 2.45) is 0 Å². The van der Waals surface area contributed by atoms with E-state index in [1.165, 1.54) is 10.5 Å². The van der Waals surface area contributed by atoms with Gasteiger partial charge in [-0.1, -0.05) is 12.1 Å². The number of amides is 2. The van der Waals surface area contributed by atoms with Gasteiger partial charge in [0.2, 0.25) is 0 Å². The Morgan fingerprint density at radius 3 is 2.48 bits per heavy atom. The molecule has 3 aliphatic rings. The average molecular weight is 338 g/mol. The fraction of sp³-hybridized carbons (Fsp3) is 0.400. The van der Waals surface area contributed by atoms with Crippen LogP contribution in [-0.4, -0.2) is 18.4 Å². The van der Waals surface area contributed by atoms with Crippen molar-refractivity contribution in [1.29, 1.82) is 0 Å². The van der Waals surface area contributed by atoms with Crippen LogP contribution >= 0.6 is 0 Å². The molecule has 25 heavy (non-hydrogen) atoms. The van der Waals surface area contributed by atoms with Gasteiger partial charge < -0.3 is 0 Å². The second-order valence-corrected chi connectivity index (χ2v) is 6.64.